The maximum atomic E-state index is 10.8. The molecule has 2 rings (SSSR count). The molecule has 1 aromatic heterocycles. The zero-order valence-corrected chi connectivity index (χ0v) is 10.4. The first-order valence-electron chi connectivity index (χ1n) is 6.00. The molecule has 7 nitrogen and oxygen atoms in total. The normalized spacial score (nSPS) is 21.1. The predicted octanol–water partition coefficient (Wildman–Crippen LogP) is -0.116. The number of aromatic carboxylic acids is 1. The fraction of sp³-hybridized carbons (Fsp3) is 0.636. The Bertz CT molecular complexity index is 432. The summed E-state index contributed by atoms with van der Waals surface area (Å²) in [6, 6.07) is 0. The maximum absolute atomic E-state index is 10.8. The number of anilines is 1. The van der Waals surface area contributed by atoms with Crippen LogP contribution in [0.4, 0.5) is 5.69 Å². The van der Waals surface area contributed by atoms with E-state index in [4.69, 9.17) is 15.6 Å². The molecule has 2 heterocycles. The summed E-state index contributed by atoms with van der Waals surface area (Å²) < 4.78 is 7.18. The third kappa shape index (κ3) is 2.80. The monoisotopic (exact) mass is 254 g/mol. The predicted molar refractivity (Wildman–Crippen MR) is 65.5 cm³/mol. The van der Waals surface area contributed by atoms with Gasteiger partial charge in [0, 0.05) is 19.3 Å². The van der Waals surface area contributed by atoms with E-state index in [1.807, 2.05) is 0 Å². The van der Waals surface area contributed by atoms with E-state index in [-0.39, 0.29) is 17.5 Å². The van der Waals surface area contributed by atoms with Gasteiger partial charge in [0.15, 0.2) is 5.69 Å². The number of hydrogen-bond donors (Lipinski definition) is 2. The third-order valence-corrected chi connectivity index (χ3v) is 3.05. The van der Waals surface area contributed by atoms with Crippen molar-refractivity contribution in [1.82, 2.24) is 14.7 Å². The Kier molecular flexibility index (Phi) is 3.83. The third-order valence-electron chi connectivity index (χ3n) is 3.05. The first-order valence-corrected chi connectivity index (χ1v) is 6.00. The number of nitrogen functional groups attached to an aromatic ring is 1. The summed E-state index contributed by atoms with van der Waals surface area (Å²) in [5.41, 5.74) is 5.67. The number of likely N-dealkylation sites (N-methyl/N-ethyl adjacent to an activating group) is 1. The molecule has 0 aromatic carbocycles. The van der Waals surface area contributed by atoms with Gasteiger partial charge in [-0.3, -0.25) is 9.58 Å². The molecule has 100 valence electrons. The summed E-state index contributed by atoms with van der Waals surface area (Å²) in [4.78, 5) is 13.1. The lowest BCUT2D eigenvalue weighted by atomic mass is 10.2. The molecule has 0 bridgehead atoms. The van der Waals surface area contributed by atoms with Gasteiger partial charge in [-0.05, 0) is 6.54 Å². The molecule has 0 saturated carbocycles. The van der Waals surface area contributed by atoms with Crippen LogP contribution >= 0.6 is 0 Å². The molecule has 0 amide bonds. The molecule has 0 aliphatic carbocycles. The number of nitrogens with two attached hydrogens (primary N) is 1. The molecule has 1 aliphatic rings. The van der Waals surface area contributed by atoms with Gasteiger partial charge in [0.25, 0.3) is 0 Å². The summed E-state index contributed by atoms with van der Waals surface area (Å²) >= 11 is 0. The van der Waals surface area contributed by atoms with Crippen LogP contribution in [0.3, 0.4) is 0 Å². The van der Waals surface area contributed by atoms with Crippen molar-refractivity contribution in [2.45, 2.75) is 19.6 Å². The number of nitrogens with zero attached hydrogens (tertiary/aromatic N) is 3. The molecule has 7 heteroatoms. The number of ether oxygens (including phenoxy) is 1. The average Bonchev–Trinajstić information content (AvgIpc) is 2.70. The summed E-state index contributed by atoms with van der Waals surface area (Å²) in [5, 5.41) is 12.8. The summed E-state index contributed by atoms with van der Waals surface area (Å²) in [7, 11) is 0. The molecule has 1 unspecified atom stereocenters. The topological polar surface area (TPSA) is 93.6 Å². The van der Waals surface area contributed by atoms with Crippen LogP contribution in [-0.2, 0) is 11.3 Å². The van der Waals surface area contributed by atoms with Crippen LogP contribution in [0.1, 0.15) is 17.4 Å². The minimum Gasteiger partial charge on any atom is -0.476 e. The van der Waals surface area contributed by atoms with Crippen molar-refractivity contribution in [3.05, 3.63) is 11.9 Å². The van der Waals surface area contributed by atoms with E-state index in [9.17, 15) is 4.79 Å². The highest BCUT2D eigenvalue weighted by Gasteiger charge is 2.21. The first kappa shape index (κ1) is 12.8. The van der Waals surface area contributed by atoms with Gasteiger partial charge >= 0.3 is 5.97 Å². The second-order valence-corrected chi connectivity index (χ2v) is 4.35. The quantitative estimate of drug-likeness (QED) is 0.778. The second kappa shape index (κ2) is 5.36. The first-order chi connectivity index (χ1) is 8.60. The van der Waals surface area contributed by atoms with E-state index in [0.29, 0.717) is 13.2 Å². The molecule has 3 N–H and O–H groups in total. The molecule has 1 fully saturated rings. The van der Waals surface area contributed by atoms with Crippen molar-refractivity contribution in [2.24, 2.45) is 0 Å². The molecule has 18 heavy (non-hydrogen) atoms. The van der Waals surface area contributed by atoms with Gasteiger partial charge in [0.1, 0.15) is 0 Å². The van der Waals surface area contributed by atoms with Crippen LogP contribution in [0.2, 0.25) is 0 Å². The number of carboxylic acid groups (broad SMARTS) is 1. The minimum absolute atomic E-state index is 0.0274. The highest BCUT2D eigenvalue weighted by molar-refractivity contribution is 5.91. The van der Waals surface area contributed by atoms with Gasteiger partial charge < -0.3 is 15.6 Å². The van der Waals surface area contributed by atoms with Gasteiger partial charge in [0.2, 0.25) is 0 Å². The zero-order chi connectivity index (χ0) is 13.1. The van der Waals surface area contributed by atoms with E-state index < -0.39 is 5.97 Å². The van der Waals surface area contributed by atoms with Gasteiger partial charge in [0.05, 0.1) is 24.9 Å². The molecule has 1 saturated heterocycles. The highest BCUT2D eigenvalue weighted by atomic mass is 16.5. The van der Waals surface area contributed by atoms with E-state index in [1.54, 1.807) is 4.68 Å². The molecular formula is C11H18N4O3. The summed E-state index contributed by atoms with van der Waals surface area (Å²) in [6.07, 6.45) is 1.57. The molecule has 0 radical (unpaired) electrons. The van der Waals surface area contributed by atoms with Crippen LogP contribution in [0.5, 0.6) is 0 Å². The molecule has 1 aliphatic heterocycles. The van der Waals surface area contributed by atoms with Crippen molar-refractivity contribution in [3.8, 4) is 0 Å². The number of carboxylic acids is 1. The van der Waals surface area contributed by atoms with Gasteiger partial charge in [-0.2, -0.15) is 5.10 Å². The minimum atomic E-state index is -1.11. The second-order valence-electron chi connectivity index (χ2n) is 4.35. The van der Waals surface area contributed by atoms with Gasteiger partial charge in [-0.1, -0.05) is 6.92 Å². The Balaban J connectivity index is 2.00. The standard InChI is InChI=1S/C11H18N4O3/c1-2-14-3-4-18-8(5-14)6-15-7-9(12)10(13-15)11(16)17/h7-8H,2-6,12H2,1H3,(H,16,17). The smallest absolute Gasteiger partial charge is 0.358 e. The fourth-order valence-corrected chi connectivity index (χ4v) is 2.08. The SMILES string of the molecule is CCN1CCOC(Cn2cc(N)c(C(=O)O)n2)C1. The van der Waals surface area contributed by atoms with Crippen molar-refractivity contribution in [1.29, 1.82) is 0 Å². The molecule has 1 aromatic rings. The van der Waals surface area contributed by atoms with Crippen molar-refractivity contribution < 1.29 is 14.6 Å². The Labute approximate surface area is 105 Å². The van der Waals surface area contributed by atoms with E-state index in [2.05, 4.69) is 16.9 Å². The van der Waals surface area contributed by atoms with Crippen LogP contribution in [-0.4, -0.2) is 58.1 Å². The van der Waals surface area contributed by atoms with Crippen LogP contribution in [0, 0.1) is 0 Å². The highest BCUT2D eigenvalue weighted by Crippen LogP contribution is 2.12. The molecule has 1 atom stereocenters. The summed E-state index contributed by atoms with van der Waals surface area (Å²) in [6.45, 7) is 6.08. The lowest BCUT2D eigenvalue weighted by Crippen LogP contribution is -2.44. The zero-order valence-electron chi connectivity index (χ0n) is 10.4. The Morgan fingerprint density at radius 2 is 2.50 bits per heavy atom. The lowest BCUT2D eigenvalue weighted by molar-refractivity contribution is -0.0358. The number of hydrogen-bond acceptors (Lipinski definition) is 5. The summed E-state index contributed by atoms with van der Waals surface area (Å²) in [5.74, 6) is -1.11. The van der Waals surface area contributed by atoms with Crippen molar-refractivity contribution in [2.75, 3.05) is 32.0 Å². The van der Waals surface area contributed by atoms with E-state index in [1.165, 1.54) is 6.20 Å². The Hall–Kier alpha value is -1.60. The Morgan fingerprint density at radius 3 is 3.11 bits per heavy atom. The van der Waals surface area contributed by atoms with Crippen molar-refractivity contribution >= 4 is 11.7 Å². The number of morpholine rings is 1. The largest absolute Gasteiger partial charge is 0.476 e. The number of carbonyl (C=O) groups is 1. The molecule has 0 spiro atoms. The lowest BCUT2D eigenvalue weighted by Gasteiger charge is -2.31. The van der Waals surface area contributed by atoms with Crippen LogP contribution in [0.25, 0.3) is 0 Å². The van der Waals surface area contributed by atoms with Gasteiger partial charge in [-0.15, -0.1) is 0 Å². The fourth-order valence-electron chi connectivity index (χ4n) is 2.08. The van der Waals surface area contributed by atoms with Crippen LogP contribution in [0.15, 0.2) is 6.20 Å². The Morgan fingerprint density at radius 1 is 1.72 bits per heavy atom. The number of rotatable bonds is 4. The average molecular weight is 254 g/mol. The van der Waals surface area contributed by atoms with E-state index >= 15 is 0 Å². The van der Waals surface area contributed by atoms with Crippen LogP contribution < -0.4 is 5.73 Å². The molecular weight excluding hydrogens is 236 g/mol. The number of aromatic nitrogens is 2. The van der Waals surface area contributed by atoms with Crippen molar-refractivity contribution in [3.63, 3.8) is 0 Å². The maximum Gasteiger partial charge on any atom is 0.358 e. The van der Waals surface area contributed by atoms with Gasteiger partial charge in [-0.25, -0.2) is 4.79 Å². The van der Waals surface area contributed by atoms with E-state index in [0.717, 1.165) is 19.6 Å².